The highest BCUT2D eigenvalue weighted by molar-refractivity contribution is 8.00. The minimum atomic E-state index is -0.741. The van der Waals surface area contributed by atoms with Gasteiger partial charge in [-0.15, -0.1) is 11.8 Å². The lowest BCUT2D eigenvalue weighted by Crippen LogP contribution is -2.42. The summed E-state index contributed by atoms with van der Waals surface area (Å²) in [5.74, 6) is -1.90. The van der Waals surface area contributed by atoms with Gasteiger partial charge in [-0.3, -0.25) is 19.1 Å². The van der Waals surface area contributed by atoms with Gasteiger partial charge < -0.3 is 10.6 Å². The Bertz CT molecular complexity index is 1050. The van der Waals surface area contributed by atoms with Crippen LogP contribution in [0.1, 0.15) is 51.3 Å². The smallest absolute Gasteiger partial charge is 0.330 e. The van der Waals surface area contributed by atoms with Crippen LogP contribution in [-0.4, -0.2) is 27.8 Å². The number of hydrogen-bond acceptors (Lipinski definition) is 5. The third-order valence-corrected chi connectivity index (χ3v) is 6.08. The van der Waals surface area contributed by atoms with Crippen molar-refractivity contribution >= 4 is 29.2 Å². The van der Waals surface area contributed by atoms with Crippen LogP contribution < -0.4 is 21.9 Å². The largest absolute Gasteiger partial charge is 0.383 e. The van der Waals surface area contributed by atoms with Crippen LogP contribution in [0.3, 0.4) is 0 Å². The van der Waals surface area contributed by atoms with Crippen LogP contribution in [0.25, 0.3) is 0 Å². The van der Waals surface area contributed by atoms with Crippen LogP contribution >= 0.6 is 11.8 Å². The lowest BCUT2D eigenvalue weighted by molar-refractivity contribution is -0.116. The van der Waals surface area contributed by atoms with Crippen molar-refractivity contribution in [3.05, 3.63) is 56.2 Å². The minimum Gasteiger partial charge on any atom is -0.383 e. The van der Waals surface area contributed by atoms with E-state index < -0.39 is 34.0 Å². The average molecular weight is 469 g/mol. The number of halogens is 2. The van der Waals surface area contributed by atoms with Gasteiger partial charge in [0.05, 0.1) is 5.75 Å². The van der Waals surface area contributed by atoms with E-state index in [1.807, 2.05) is 20.8 Å². The van der Waals surface area contributed by atoms with E-state index in [1.54, 1.807) is 6.92 Å². The van der Waals surface area contributed by atoms with Crippen LogP contribution in [-0.2, 0) is 11.3 Å². The number of rotatable bonds is 10. The number of carbonyl (C=O) groups is 1. The van der Waals surface area contributed by atoms with Gasteiger partial charge in [-0.25, -0.2) is 13.6 Å². The molecule has 176 valence electrons. The molecule has 10 heteroatoms. The molecule has 0 saturated heterocycles. The Morgan fingerprint density at radius 2 is 1.84 bits per heavy atom. The summed E-state index contributed by atoms with van der Waals surface area (Å²) >= 11 is 1.06. The van der Waals surface area contributed by atoms with Crippen molar-refractivity contribution in [2.45, 2.75) is 52.3 Å². The lowest BCUT2D eigenvalue weighted by atomic mass is 10.1. The maximum absolute atomic E-state index is 14.1. The second kappa shape index (κ2) is 11.3. The zero-order valence-corrected chi connectivity index (χ0v) is 19.6. The van der Waals surface area contributed by atoms with Crippen LogP contribution in [0.5, 0.6) is 0 Å². The first-order chi connectivity index (χ1) is 15.1. The number of thioether (sulfide) groups is 1. The van der Waals surface area contributed by atoms with Crippen LogP contribution in [0, 0.1) is 17.6 Å². The first kappa shape index (κ1) is 25.6. The van der Waals surface area contributed by atoms with Gasteiger partial charge in [0.15, 0.2) is 5.69 Å². The van der Waals surface area contributed by atoms with Crippen molar-refractivity contribution in [3.8, 4) is 0 Å². The third kappa shape index (κ3) is 5.99. The number of anilines is 2. The Balaban J connectivity index is 2.35. The zero-order chi connectivity index (χ0) is 24.0. The van der Waals surface area contributed by atoms with E-state index in [9.17, 15) is 23.2 Å². The lowest BCUT2D eigenvalue weighted by Gasteiger charge is -2.25. The summed E-state index contributed by atoms with van der Waals surface area (Å²) < 4.78 is 29.4. The summed E-state index contributed by atoms with van der Waals surface area (Å²) in [7, 11) is 0. The number of nitrogen functional groups attached to an aromatic ring is 1. The second-order valence-corrected chi connectivity index (χ2v) is 9.31. The number of hydrogen-bond donors (Lipinski definition) is 2. The van der Waals surface area contributed by atoms with Crippen molar-refractivity contribution in [3.63, 3.8) is 0 Å². The number of H-pyrrole nitrogens is 1. The molecule has 1 heterocycles. The molecule has 32 heavy (non-hydrogen) atoms. The molecule has 0 bridgehead atoms. The fraction of sp³-hybridized carbons (Fsp3) is 0.500. The van der Waals surface area contributed by atoms with Crippen molar-refractivity contribution in [2.24, 2.45) is 5.92 Å². The van der Waals surface area contributed by atoms with E-state index in [1.165, 1.54) is 27.7 Å². The van der Waals surface area contributed by atoms with Gasteiger partial charge in [0.2, 0.25) is 5.91 Å². The minimum absolute atomic E-state index is 0.0740. The van der Waals surface area contributed by atoms with Gasteiger partial charge >= 0.3 is 5.69 Å². The number of carbonyl (C=O) groups excluding carboxylic acids is 1. The Kier molecular flexibility index (Phi) is 9.06. The molecular weight excluding hydrogens is 438 g/mol. The van der Waals surface area contributed by atoms with Gasteiger partial charge in [0.1, 0.15) is 17.5 Å². The zero-order valence-electron chi connectivity index (χ0n) is 18.8. The Morgan fingerprint density at radius 3 is 2.41 bits per heavy atom. The van der Waals surface area contributed by atoms with E-state index >= 15 is 0 Å². The molecule has 2 rings (SSSR count). The highest BCUT2D eigenvalue weighted by atomic mass is 32.2. The molecule has 0 aliphatic rings. The van der Waals surface area contributed by atoms with E-state index in [2.05, 4.69) is 4.98 Å². The van der Waals surface area contributed by atoms with Crippen molar-refractivity contribution < 1.29 is 13.6 Å². The maximum atomic E-state index is 14.1. The fourth-order valence-corrected chi connectivity index (χ4v) is 4.26. The van der Waals surface area contributed by atoms with Gasteiger partial charge in [-0.05, 0) is 31.4 Å². The number of benzene rings is 1. The maximum Gasteiger partial charge on any atom is 0.330 e. The van der Waals surface area contributed by atoms with Crippen LogP contribution in [0.4, 0.5) is 20.3 Å². The SMILES string of the molecule is CCCCN(C(=O)CSC(C)c1c(F)cccc1F)c1c(N)n(CC(C)C)c(=O)[nH]c1=O. The monoisotopic (exact) mass is 468 g/mol. The summed E-state index contributed by atoms with van der Waals surface area (Å²) in [6.45, 7) is 7.86. The summed E-state index contributed by atoms with van der Waals surface area (Å²) in [4.78, 5) is 41.5. The Morgan fingerprint density at radius 1 is 1.22 bits per heavy atom. The standard InChI is InChI=1S/C22H30F2N4O3S/c1-5-6-10-27(19-20(25)28(11-13(2)3)22(31)26-21(19)30)17(29)12-32-14(4)18-15(23)8-7-9-16(18)24/h7-9,13-14H,5-6,10-12,25H2,1-4H3,(H,26,30,31). The predicted octanol–water partition coefficient (Wildman–Crippen LogP) is 3.68. The fourth-order valence-electron chi connectivity index (χ4n) is 3.32. The number of nitrogens with zero attached hydrogens (tertiary/aromatic N) is 2. The van der Waals surface area contributed by atoms with Gasteiger partial charge in [0.25, 0.3) is 5.56 Å². The quantitative estimate of drug-likeness (QED) is 0.554. The summed E-state index contributed by atoms with van der Waals surface area (Å²) in [6.07, 6.45) is 1.37. The second-order valence-electron chi connectivity index (χ2n) is 7.99. The summed E-state index contributed by atoms with van der Waals surface area (Å²) in [6, 6.07) is 3.62. The van der Waals surface area contributed by atoms with E-state index in [0.29, 0.717) is 6.42 Å². The topological polar surface area (TPSA) is 101 Å². The molecule has 0 aliphatic carbocycles. The molecule has 0 fully saturated rings. The van der Waals surface area contributed by atoms with Crippen molar-refractivity contribution in [1.82, 2.24) is 9.55 Å². The number of nitrogens with two attached hydrogens (primary N) is 1. The molecule has 0 radical (unpaired) electrons. The van der Waals surface area contributed by atoms with E-state index in [-0.39, 0.29) is 41.8 Å². The molecule has 3 N–H and O–H groups in total. The van der Waals surface area contributed by atoms with Gasteiger partial charge in [-0.2, -0.15) is 0 Å². The first-order valence-corrected chi connectivity index (χ1v) is 11.6. The molecule has 1 aromatic carbocycles. The molecular formula is C22H30F2N4O3S. The number of aromatic amines is 1. The molecule has 1 atom stereocenters. The Hall–Kier alpha value is -2.62. The third-order valence-electron chi connectivity index (χ3n) is 4.93. The Labute approximate surface area is 190 Å². The van der Waals surface area contributed by atoms with Crippen molar-refractivity contribution in [2.75, 3.05) is 22.9 Å². The normalized spacial score (nSPS) is 12.2. The molecule has 7 nitrogen and oxygen atoms in total. The molecule has 1 unspecified atom stereocenters. The van der Waals surface area contributed by atoms with Crippen LogP contribution in [0.2, 0.25) is 0 Å². The van der Waals surface area contributed by atoms with E-state index in [4.69, 9.17) is 5.73 Å². The summed E-state index contributed by atoms with van der Waals surface area (Å²) in [5, 5.41) is -0.626. The molecule has 0 spiro atoms. The molecule has 1 aromatic heterocycles. The van der Waals surface area contributed by atoms with E-state index in [0.717, 1.165) is 18.2 Å². The highest BCUT2D eigenvalue weighted by Crippen LogP contribution is 2.32. The first-order valence-electron chi connectivity index (χ1n) is 10.6. The number of nitrogens with one attached hydrogen (secondary N) is 1. The van der Waals surface area contributed by atoms with Crippen LogP contribution in [0.15, 0.2) is 27.8 Å². The number of unbranched alkanes of at least 4 members (excludes halogenated alkanes) is 1. The number of aromatic nitrogens is 2. The molecule has 0 aliphatic heterocycles. The summed E-state index contributed by atoms with van der Waals surface area (Å²) in [5.41, 5.74) is 4.62. The molecule has 2 aromatic rings. The molecule has 0 saturated carbocycles. The van der Waals surface area contributed by atoms with Crippen molar-refractivity contribution in [1.29, 1.82) is 0 Å². The van der Waals surface area contributed by atoms with Gasteiger partial charge in [0, 0.05) is 23.9 Å². The number of amides is 1. The average Bonchev–Trinajstić information content (AvgIpc) is 2.71. The highest BCUT2D eigenvalue weighted by Gasteiger charge is 2.25. The van der Waals surface area contributed by atoms with Gasteiger partial charge in [-0.1, -0.05) is 33.3 Å². The predicted molar refractivity (Wildman–Crippen MR) is 125 cm³/mol. The molecule has 1 amide bonds.